The number of rotatable bonds is 6. The molecule has 1 aliphatic rings. The van der Waals surface area contributed by atoms with Gasteiger partial charge in [0.1, 0.15) is 18.8 Å². The van der Waals surface area contributed by atoms with E-state index in [4.69, 9.17) is 9.47 Å². The van der Waals surface area contributed by atoms with Crippen molar-refractivity contribution >= 4 is 0 Å². The molecule has 1 atom stereocenters. The summed E-state index contributed by atoms with van der Waals surface area (Å²) in [5.74, 6) is 1.93. The number of hydrogen-bond donors (Lipinski definition) is 2. The van der Waals surface area contributed by atoms with E-state index in [9.17, 15) is 5.11 Å². The van der Waals surface area contributed by atoms with E-state index < -0.39 is 0 Å². The number of phenols is 1. The molecule has 24 heavy (non-hydrogen) atoms. The summed E-state index contributed by atoms with van der Waals surface area (Å²) < 4.78 is 10.7. The maximum atomic E-state index is 10.3. The molecule has 0 bridgehead atoms. The first-order valence-corrected chi connectivity index (χ1v) is 8.46. The Morgan fingerprint density at radius 3 is 2.38 bits per heavy atom. The van der Waals surface area contributed by atoms with Crippen molar-refractivity contribution < 1.29 is 19.5 Å². The van der Waals surface area contributed by atoms with E-state index in [2.05, 4.69) is 19.2 Å². The van der Waals surface area contributed by atoms with Gasteiger partial charge in [-0.3, -0.25) is 0 Å². The number of aromatic hydroxyl groups is 1. The highest BCUT2D eigenvalue weighted by Crippen LogP contribution is 2.29. The predicted molar refractivity (Wildman–Crippen MR) is 94.0 cm³/mol. The van der Waals surface area contributed by atoms with Crippen LogP contribution in [0.3, 0.4) is 0 Å². The van der Waals surface area contributed by atoms with E-state index in [0.717, 1.165) is 43.0 Å². The van der Waals surface area contributed by atoms with Gasteiger partial charge in [-0.1, -0.05) is 0 Å². The third-order valence-electron chi connectivity index (χ3n) is 4.74. The van der Waals surface area contributed by atoms with Crippen molar-refractivity contribution in [1.29, 1.82) is 0 Å². The third kappa shape index (κ3) is 3.49. The number of nitrogens with one attached hydrogen (secondary N) is 1. The summed E-state index contributed by atoms with van der Waals surface area (Å²) in [5.41, 5.74) is 4.94. The highest BCUT2D eigenvalue weighted by molar-refractivity contribution is 5.44. The third-order valence-corrected chi connectivity index (χ3v) is 4.74. The number of phenolic OH excluding ortho intramolecular Hbond substituents is 1. The zero-order valence-corrected chi connectivity index (χ0v) is 14.7. The highest BCUT2D eigenvalue weighted by atomic mass is 16.5. The first-order valence-electron chi connectivity index (χ1n) is 8.46. The monoisotopic (exact) mass is 328 g/mol. The standard InChI is InChI=1S/C20H25NO3/c1-21(12-14-7-8-19(23-2)20(9-14)24-3)13-17-10-15-5-4-6-16(15)11-18(17)22/h7-11,22H,4-6,12-13H2,1-3H3/p+1. The van der Waals surface area contributed by atoms with Crippen LogP contribution in [0.4, 0.5) is 0 Å². The SMILES string of the molecule is COc1ccc(C[NH+](C)Cc2cc3c(cc2O)CCC3)cc1OC. The van der Waals surface area contributed by atoms with Crippen LogP contribution in [0.15, 0.2) is 30.3 Å². The second-order valence-corrected chi connectivity index (χ2v) is 6.60. The summed E-state index contributed by atoms with van der Waals surface area (Å²) in [4.78, 5) is 1.32. The molecule has 1 aliphatic carbocycles. The van der Waals surface area contributed by atoms with E-state index in [1.165, 1.54) is 28.0 Å². The molecule has 0 spiro atoms. The summed E-state index contributed by atoms with van der Waals surface area (Å²) in [6, 6.07) is 10.2. The van der Waals surface area contributed by atoms with Crippen molar-refractivity contribution in [3.05, 3.63) is 52.6 Å². The number of fused-ring (bicyclic) bond motifs is 1. The Labute approximate surface area is 143 Å². The Hall–Kier alpha value is -2.20. The first-order chi connectivity index (χ1) is 11.6. The Bertz CT molecular complexity index is 727. The van der Waals surface area contributed by atoms with Gasteiger partial charge in [0, 0.05) is 11.1 Å². The smallest absolute Gasteiger partial charge is 0.161 e. The normalized spacial score (nSPS) is 14.3. The summed E-state index contributed by atoms with van der Waals surface area (Å²) in [6.45, 7) is 1.66. The molecule has 0 saturated carbocycles. The number of hydrogen-bond acceptors (Lipinski definition) is 3. The summed E-state index contributed by atoms with van der Waals surface area (Å²) in [7, 11) is 5.44. The predicted octanol–water partition coefficient (Wildman–Crippen LogP) is 2.11. The molecule has 0 saturated heterocycles. The van der Waals surface area contributed by atoms with Crippen LogP contribution >= 0.6 is 0 Å². The van der Waals surface area contributed by atoms with Crippen molar-refractivity contribution in [3.8, 4) is 17.2 Å². The molecule has 3 rings (SSSR count). The van der Waals surface area contributed by atoms with Gasteiger partial charge in [0.2, 0.25) is 0 Å². The molecule has 0 heterocycles. The van der Waals surface area contributed by atoms with Gasteiger partial charge < -0.3 is 19.5 Å². The van der Waals surface area contributed by atoms with Gasteiger partial charge in [-0.2, -0.15) is 0 Å². The molecule has 2 N–H and O–H groups in total. The number of aryl methyl sites for hydroxylation is 2. The molecule has 1 unspecified atom stereocenters. The number of benzene rings is 2. The molecule has 0 amide bonds. The van der Waals surface area contributed by atoms with E-state index in [1.807, 2.05) is 18.2 Å². The van der Waals surface area contributed by atoms with E-state index in [1.54, 1.807) is 14.2 Å². The topological polar surface area (TPSA) is 43.1 Å². The van der Waals surface area contributed by atoms with Gasteiger partial charge in [0.05, 0.1) is 21.3 Å². The molecule has 0 radical (unpaired) electrons. The molecule has 128 valence electrons. The molecule has 4 heteroatoms. The van der Waals surface area contributed by atoms with Crippen molar-refractivity contribution in [3.63, 3.8) is 0 Å². The van der Waals surface area contributed by atoms with Crippen LogP contribution in [0.1, 0.15) is 28.7 Å². The van der Waals surface area contributed by atoms with Crippen molar-refractivity contribution in [2.24, 2.45) is 0 Å². The van der Waals surface area contributed by atoms with Crippen LogP contribution in [0, 0.1) is 0 Å². The lowest BCUT2D eigenvalue weighted by molar-refractivity contribution is -0.907. The number of methoxy groups -OCH3 is 2. The van der Waals surface area contributed by atoms with Crippen LogP contribution in [0.2, 0.25) is 0 Å². The van der Waals surface area contributed by atoms with E-state index >= 15 is 0 Å². The second kappa shape index (κ2) is 7.14. The fourth-order valence-corrected chi connectivity index (χ4v) is 3.53. The van der Waals surface area contributed by atoms with Crippen LogP contribution < -0.4 is 14.4 Å². The highest BCUT2D eigenvalue weighted by Gasteiger charge is 2.17. The first kappa shape index (κ1) is 16.7. The maximum absolute atomic E-state index is 10.3. The van der Waals surface area contributed by atoms with Crippen molar-refractivity contribution in [2.45, 2.75) is 32.4 Å². The fraction of sp³-hybridized carbons (Fsp3) is 0.400. The molecular weight excluding hydrogens is 302 g/mol. The van der Waals surface area contributed by atoms with E-state index in [0.29, 0.717) is 5.75 Å². The zero-order valence-electron chi connectivity index (χ0n) is 14.7. The van der Waals surface area contributed by atoms with Gasteiger partial charge in [-0.25, -0.2) is 0 Å². The summed E-state index contributed by atoms with van der Waals surface area (Å²) in [6.07, 6.45) is 3.43. The largest absolute Gasteiger partial charge is 0.507 e. The maximum Gasteiger partial charge on any atom is 0.161 e. The van der Waals surface area contributed by atoms with Crippen LogP contribution in [-0.4, -0.2) is 26.4 Å². The fourth-order valence-electron chi connectivity index (χ4n) is 3.53. The van der Waals surface area contributed by atoms with Gasteiger partial charge in [0.25, 0.3) is 0 Å². The van der Waals surface area contributed by atoms with E-state index in [-0.39, 0.29) is 0 Å². The zero-order chi connectivity index (χ0) is 17.1. The minimum Gasteiger partial charge on any atom is -0.507 e. The lowest BCUT2D eigenvalue weighted by Gasteiger charge is -2.17. The van der Waals surface area contributed by atoms with Gasteiger partial charge in [-0.15, -0.1) is 0 Å². The van der Waals surface area contributed by atoms with Gasteiger partial charge in [0.15, 0.2) is 11.5 Å². The second-order valence-electron chi connectivity index (χ2n) is 6.60. The quantitative estimate of drug-likeness (QED) is 0.854. The lowest BCUT2D eigenvalue weighted by atomic mass is 10.0. The average molecular weight is 328 g/mol. The molecule has 2 aromatic rings. The van der Waals surface area contributed by atoms with Crippen LogP contribution in [0.5, 0.6) is 17.2 Å². The summed E-state index contributed by atoms with van der Waals surface area (Å²) in [5, 5.41) is 10.3. The Kier molecular flexibility index (Phi) is 4.95. The van der Waals surface area contributed by atoms with Gasteiger partial charge >= 0.3 is 0 Å². The average Bonchev–Trinajstić information content (AvgIpc) is 3.02. The minimum absolute atomic E-state index is 0.433. The molecular formula is C20H26NO3+. The number of quaternary nitrogens is 1. The molecule has 4 nitrogen and oxygen atoms in total. The van der Waals surface area contributed by atoms with Crippen molar-refractivity contribution in [2.75, 3.05) is 21.3 Å². The Balaban J connectivity index is 1.71. The van der Waals surface area contributed by atoms with Crippen LogP contribution in [0.25, 0.3) is 0 Å². The number of ether oxygens (including phenoxy) is 2. The summed E-state index contributed by atoms with van der Waals surface area (Å²) >= 11 is 0. The minimum atomic E-state index is 0.433. The Morgan fingerprint density at radius 1 is 0.958 bits per heavy atom. The van der Waals surface area contributed by atoms with Gasteiger partial charge in [-0.05, 0) is 60.7 Å². The molecule has 0 aromatic heterocycles. The van der Waals surface area contributed by atoms with Crippen LogP contribution in [-0.2, 0) is 25.9 Å². The van der Waals surface area contributed by atoms with Crippen molar-refractivity contribution in [1.82, 2.24) is 0 Å². The molecule has 0 fully saturated rings. The lowest BCUT2D eigenvalue weighted by Crippen LogP contribution is -3.06. The molecule has 0 aliphatic heterocycles. The Morgan fingerprint density at radius 2 is 1.67 bits per heavy atom. The molecule has 2 aromatic carbocycles.